The molecule has 1 amide bonds. The van der Waals surface area contributed by atoms with Crippen LogP contribution in [0.3, 0.4) is 0 Å². The molecule has 0 unspecified atom stereocenters. The fourth-order valence-corrected chi connectivity index (χ4v) is 3.52. The number of benzene rings is 1. The lowest BCUT2D eigenvalue weighted by Crippen LogP contribution is -2.40. The van der Waals surface area contributed by atoms with E-state index in [1.165, 1.54) is 6.42 Å². The van der Waals surface area contributed by atoms with Crippen LogP contribution in [0, 0.1) is 0 Å². The molecule has 0 spiro atoms. The number of methoxy groups -OCH3 is 1. The van der Waals surface area contributed by atoms with E-state index in [2.05, 4.69) is 0 Å². The molecule has 1 aromatic heterocycles. The molecule has 2 aromatic rings. The topological polar surface area (TPSA) is 69.0 Å². The van der Waals surface area contributed by atoms with Gasteiger partial charge in [-0.15, -0.1) is 0 Å². The third-order valence-electron chi connectivity index (χ3n) is 5.01. The zero-order valence-electron chi connectivity index (χ0n) is 15.3. The quantitative estimate of drug-likeness (QED) is 0.738. The molecule has 140 valence electrons. The van der Waals surface area contributed by atoms with Crippen molar-refractivity contribution in [2.75, 3.05) is 20.8 Å². The fourth-order valence-electron chi connectivity index (χ4n) is 3.52. The molecule has 1 aliphatic carbocycles. The molecule has 1 heterocycles. The van der Waals surface area contributed by atoms with E-state index in [9.17, 15) is 9.59 Å². The molecule has 0 aliphatic heterocycles. The summed E-state index contributed by atoms with van der Waals surface area (Å²) in [6.45, 7) is -0.0489. The van der Waals surface area contributed by atoms with Gasteiger partial charge in [0.05, 0.1) is 6.61 Å². The highest BCUT2D eigenvalue weighted by Gasteiger charge is 2.25. The first-order chi connectivity index (χ1) is 12.6. The van der Waals surface area contributed by atoms with E-state index in [1.807, 2.05) is 18.2 Å². The number of carbonyl (C=O) groups excluding carboxylic acids is 2. The Hall–Kier alpha value is -2.34. The van der Waals surface area contributed by atoms with E-state index < -0.39 is 5.97 Å². The Morgan fingerprint density at radius 1 is 1.19 bits per heavy atom. The summed E-state index contributed by atoms with van der Waals surface area (Å²) in [6, 6.07) is 7.60. The van der Waals surface area contributed by atoms with E-state index in [0.29, 0.717) is 11.1 Å². The Morgan fingerprint density at radius 2 is 1.92 bits per heavy atom. The van der Waals surface area contributed by atoms with Crippen LogP contribution in [0.2, 0.25) is 0 Å². The number of furan rings is 1. The molecule has 0 saturated heterocycles. The molecule has 1 fully saturated rings. The van der Waals surface area contributed by atoms with Crippen molar-refractivity contribution in [1.82, 2.24) is 4.90 Å². The van der Waals surface area contributed by atoms with E-state index in [1.54, 1.807) is 25.1 Å². The van der Waals surface area contributed by atoms with Crippen LogP contribution in [0.4, 0.5) is 0 Å². The van der Waals surface area contributed by atoms with Gasteiger partial charge in [0.25, 0.3) is 5.91 Å². The van der Waals surface area contributed by atoms with E-state index >= 15 is 0 Å². The number of ether oxygens (including phenoxy) is 2. The van der Waals surface area contributed by atoms with Gasteiger partial charge in [-0.1, -0.05) is 37.5 Å². The number of hydrogen-bond acceptors (Lipinski definition) is 5. The van der Waals surface area contributed by atoms with Crippen LogP contribution in [0.25, 0.3) is 11.0 Å². The molecule has 0 radical (unpaired) electrons. The van der Waals surface area contributed by atoms with Crippen molar-refractivity contribution in [2.45, 2.75) is 44.8 Å². The highest BCUT2D eigenvalue weighted by molar-refractivity contribution is 5.96. The van der Waals surface area contributed by atoms with Gasteiger partial charge < -0.3 is 18.8 Å². The molecular formula is C20H25NO5. The normalized spacial score (nSPS) is 15.2. The number of esters is 1. The summed E-state index contributed by atoms with van der Waals surface area (Å²) in [6.07, 6.45) is 5.53. The fraction of sp³-hybridized carbons (Fsp3) is 0.500. The smallest absolute Gasteiger partial charge is 0.375 e. The SMILES string of the molecule is COCc1c(C(=O)OCC(=O)N(C)C2CCCCC2)oc2ccccc12. The van der Waals surface area contributed by atoms with Crippen LogP contribution in [-0.4, -0.2) is 43.6 Å². The molecule has 6 nitrogen and oxygen atoms in total. The second kappa shape index (κ2) is 8.36. The molecule has 0 atom stereocenters. The summed E-state index contributed by atoms with van der Waals surface area (Å²) >= 11 is 0. The zero-order chi connectivity index (χ0) is 18.5. The molecule has 6 heteroatoms. The molecule has 26 heavy (non-hydrogen) atoms. The predicted molar refractivity (Wildman–Crippen MR) is 96.9 cm³/mol. The predicted octanol–water partition coefficient (Wildman–Crippen LogP) is 3.53. The molecule has 1 saturated carbocycles. The van der Waals surface area contributed by atoms with Crippen molar-refractivity contribution < 1.29 is 23.5 Å². The van der Waals surface area contributed by atoms with Crippen molar-refractivity contribution in [3.8, 4) is 0 Å². The number of amides is 1. The third-order valence-corrected chi connectivity index (χ3v) is 5.01. The third kappa shape index (κ3) is 3.90. The molecule has 0 bridgehead atoms. The zero-order valence-corrected chi connectivity index (χ0v) is 15.3. The lowest BCUT2D eigenvalue weighted by atomic mass is 9.94. The largest absolute Gasteiger partial charge is 0.450 e. The summed E-state index contributed by atoms with van der Waals surface area (Å²) in [4.78, 5) is 26.5. The molecular weight excluding hydrogens is 334 g/mol. The first-order valence-corrected chi connectivity index (χ1v) is 9.04. The van der Waals surface area contributed by atoms with Gasteiger partial charge in [-0.25, -0.2) is 4.79 Å². The standard InChI is InChI=1S/C20H25NO5/c1-21(14-8-4-3-5-9-14)18(22)13-25-20(23)19-16(12-24-2)15-10-6-7-11-17(15)26-19/h6-7,10-11,14H,3-5,8-9,12-13H2,1-2H3. The molecule has 1 aliphatic rings. The minimum Gasteiger partial charge on any atom is -0.450 e. The Kier molecular flexibility index (Phi) is 5.93. The van der Waals surface area contributed by atoms with Gasteiger partial charge in [0.15, 0.2) is 6.61 Å². The average molecular weight is 359 g/mol. The Bertz CT molecular complexity index is 776. The van der Waals surface area contributed by atoms with Crippen LogP contribution in [0.15, 0.2) is 28.7 Å². The number of carbonyl (C=O) groups is 2. The van der Waals surface area contributed by atoms with Gasteiger partial charge in [-0.3, -0.25) is 4.79 Å². The summed E-state index contributed by atoms with van der Waals surface area (Å²) in [7, 11) is 3.34. The van der Waals surface area contributed by atoms with Crippen LogP contribution in [0.5, 0.6) is 0 Å². The van der Waals surface area contributed by atoms with Gasteiger partial charge in [-0.2, -0.15) is 0 Å². The van der Waals surface area contributed by atoms with Crippen LogP contribution in [-0.2, 0) is 20.9 Å². The first-order valence-electron chi connectivity index (χ1n) is 9.04. The van der Waals surface area contributed by atoms with Crippen molar-refractivity contribution in [3.05, 3.63) is 35.6 Å². The monoisotopic (exact) mass is 359 g/mol. The Balaban J connectivity index is 1.67. The minimum atomic E-state index is -0.640. The summed E-state index contributed by atoms with van der Waals surface area (Å²) in [5, 5.41) is 0.812. The van der Waals surface area contributed by atoms with Crippen LogP contribution in [0.1, 0.15) is 48.2 Å². The Labute approximate surface area is 153 Å². The lowest BCUT2D eigenvalue weighted by Gasteiger charge is -2.31. The molecule has 1 aromatic carbocycles. The van der Waals surface area contributed by atoms with Gasteiger partial charge in [0.2, 0.25) is 5.76 Å². The van der Waals surface area contributed by atoms with Crippen LogP contribution >= 0.6 is 0 Å². The number of nitrogens with zero attached hydrogens (tertiary/aromatic N) is 1. The van der Waals surface area contributed by atoms with E-state index in [-0.39, 0.29) is 30.9 Å². The number of hydrogen-bond donors (Lipinski definition) is 0. The average Bonchev–Trinajstić information content (AvgIpc) is 3.05. The van der Waals surface area contributed by atoms with Crippen LogP contribution < -0.4 is 0 Å². The first kappa shape index (κ1) is 18.5. The molecule has 0 N–H and O–H groups in total. The van der Waals surface area contributed by atoms with Crippen molar-refractivity contribution in [1.29, 1.82) is 0 Å². The van der Waals surface area contributed by atoms with Crippen molar-refractivity contribution >= 4 is 22.8 Å². The minimum absolute atomic E-state index is 0.0983. The van der Waals surface area contributed by atoms with E-state index in [4.69, 9.17) is 13.9 Å². The second-order valence-corrected chi connectivity index (χ2v) is 6.71. The number of fused-ring (bicyclic) bond motifs is 1. The summed E-state index contributed by atoms with van der Waals surface area (Å²) in [5.41, 5.74) is 1.23. The number of rotatable bonds is 6. The van der Waals surface area contributed by atoms with E-state index in [0.717, 1.165) is 31.1 Å². The van der Waals surface area contributed by atoms with Gasteiger partial charge in [-0.05, 0) is 18.9 Å². The summed E-state index contributed by atoms with van der Waals surface area (Å²) in [5.74, 6) is -0.727. The maximum Gasteiger partial charge on any atom is 0.375 e. The second-order valence-electron chi connectivity index (χ2n) is 6.71. The number of para-hydroxylation sites is 1. The highest BCUT2D eigenvalue weighted by atomic mass is 16.5. The number of likely N-dealkylation sites (N-methyl/N-ethyl adjacent to an activating group) is 1. The van der Waals surface area contributed by atoms with Gasteiger partial charge in [0.1, 0.15) is 5.58 Å². The highest BCUT2D eigenvalue weighted by Crippen LogP contribution is 2.27. The lowest BCUT2D eigenvalue weighted by molar-refractivity contribution is -0.135. The maximum atomic E-state index is 12.5. The Morgan fingerprint density at radius 3 is 2.65 bits per heavy atom. The van der Waals surface area contributed by atoms with Gasteiger partial charge >= 0.3 is 5.97 Å². The van der Waals surface area contributed by atoms with Gasteiger partial charge in [0, 0.05) is 31.1 Å². The molecule has 3 rings (SSSR count). The maximum absolute atomic E-state index is 12.5. The van der Waals surface area contributed by atoms with Crippen molar-refractivity contribution in [3.63, 3.8) is 0 Å². The summed E-state index contributed by atoms with van der Waals surface area (Å²) < 4.78 is 16.1. The van der Waals surface area contributed by atoms with Crippen molar-refractivity contribution in [2.24, 2.45) is 0 Å².